The third kappa shape index (κ3) is 5.16. The molecule has 3 aromatic rings. The van der Waals surface area contributed by atoms with Crippen LogP contribution in [0, 0.1) is 0 Å². The van der Waals surface area contributed by atoms with Crippen molar-refractivity contribution in [1.29, 1.82) is 0 Å². The quantitative estimate of drug-likeness (QED) is 0.387. The standard InChI is InChI=1S/C24H25ClFN5O3/c25-16-2-5-20(15(9-16)12-26)29-17-3-6-22(32)19(11-17)21-4-1-14(23(27)30-21)10-18-13-34-8-7-31(18)24(28)33/h1-6,9,11,18,29,32H,7-8,10,12-13H2,(H2,27,30)(H2,28,33). The molecule has 1 saturated heterocycles. The zero-order valence-electron chi connectivity index (χ0n) is 18.3. The first-order chi connectivity index (χ1) is 16.4. The molecule has 6 N–H and O–H groups in total. The Morgan fingerprint density at radius 1 is 1.24 bits per heavy atom. The summed E-state index contributed by atoms with van der Waals surface area (Å²) in [6.45, 7) is 0.562. The minimum absolute atomic E-state index is 0.0209. The van der Waals surface area contributed by atoms with Crippen molar-refractivity contribution in [3.63, 3.8) is 0 Å². The number of anilines is 3. The second-order valence-corrected chi connectivity index (χ2v) is 8.43. The summed E-state index contributed by atoms with van der Waals surface area (Å²) in [4.78, 5) is 17.8. The normalized spacial score (nSPS) is 15.8. The fourth-order valence-electron chi connectivity index (χ4n) is 3.96. The topological polar surface area (TPSA) is 127 Å². The first kappa shape index (κ1) is 23.6. The van der Waals surface area contributed by atoms with Crippen LogP contribution in [-0.2, 0) is 17.8 Å². The number of phenols is 1. The van der Waals surface area contributed by atoms with Crippen LogP contribution in [0.1, 0.15) is 11.1 Å². The number of rotatable bonds is 6. The third-order valence-corrected chi connectivity index (χ3v) is 5.98. The molecular formula is C24H25ClFN5O3. The van der Waals surface area contributed by atoms with Gasteiger partial charge in [-0.1, -0.05) is 17.7 Å². The van der Waals surface area contributed by atoms with Gasteiger partial charge in [0.25, 0.3) is 0 Å². The number of alkyl halides is 1. The molecule has 2 amide bonds. The molecule has 10 heteroatoms. The van der Waals surface area contributed by atoms with Crippen molar-refractivity contribution in [3.8, 4) is 17.0 Å². The van der Waals surface area contributed by atoms with Gasteiger partial charge >= 0.3 is 6.03 Å². The molecule has 1 aromatic heterocycles. The molecule has 34 heavy (non-hydrogen) atoms. The molecule has 1 aliphatic rings. The van der Waals surface area contributed by atoms with Gasteiger partial charge in [0.2, 0.25) is 0 Å². The molecule has 8 nitrogen and oxygen atoms in total. The Hall–Kier alpha value is -3.56. The number of nitrogens with two attached hydrogens (primary N) is 2. The highest BCUT2D eigenvalue weighted by molar-refractivity contribution is 6.30. The van der Waals surface area contributed by atoms with Gasteiger partial charge in [-0.3, -0.25) is 0 Å². The number of phenolic OH excluding ortho intramolecular Hbond substituents is 1. The average molecular weight is 486 g/mol. The van der Waals surface area contributed by atoms with E-state index < -0.39 is 12.7 Å². The van der Waals surface area contributed by atoms with Crippen LogP contribution in [0.4, 0.5) is 26.4 Å². The van der Waals surface area contributed by atoms with E-state index in [-0.39, 0.29) is 17.6 Å². The number of halogens is 2. The smallest absolute Gasteiger partial charge is 0.315 e. The first-order valence-corrected chi connectivity index (χ1v) is 11.1. The lowest BCUT2D eigenvalue weighted by Crippen LogP contribution is -2.51. The molecule has 0 spiro atoms. The number of nitrogens with zero attached hydrogens (tertiary/aromatic N) is 2. The van der Waals surface area contributed by atoms with E-state index in [4.69, 9.17) is 27.8 Å². The SMILES string of the molecule is NC(=O)N1CCOCC1Cc1ccc(-c2cc(Nc3ccc(Cl)cc3CF)ccc2O)nc1N. The summed E-state index contributed by atoms with van der Waals surface area (Å²) >= 11 is 5.96. The maximum Gasteiger partial charge on any atom is 0.315 e. The molecule has 1 fully saturated rings. The van der Waals surface area contributed by atoms with Gasteiger partial charge in [0.1, 0.15) is 18.2 Å². The van der Waals surface area contributed by atoms with Crippen LogP contribution in [0.25, 0.3) is 11.3 Å². The van der Waals surface area contributed by atoms with E-state index in [1.165, 1.54) is 6.07 Å². The summed E-state index contributed by atoms with van der Waals surface area (Å²) < 4.78 is 18.9. The molecular weight excluding hydrogens is 461 g/mol. The third-order valence-electron chi connectivity index (χ3n) is 5.74. The van der Waals surface area contributed by atoms with E-state index in [0.29, 0.717) is 59.4 Å². The maximum absolute atomic E-state index is 13.4. The van der Waals surface area contributed by atoms with Gasteiger partial charge in [0.15, 0.2) is 0 Å². The van der Waals surface area contributed by atoms with E-state index in [0.717, 1.165) is 5.56 Å². The van der Waals surface area contributed by atoms with Crippen LogP contribution >= 0.6 is 11.6 Å². The van der Waals surface area contributed by atoms with Crippen LogP contribution in [-0.4, -0.2) is 46.8 Å². The predicted octanol–water partition coefficient (Wildman–Crippen LogP) is 4.22. The van der Waals surface area contributed by atoms with E-state index in [1.54, 1.807) is 41.3 Å². The number of amides is 2. The lowest BCUT2D eigenvalue weighted by Gasteiger charge is -2.34. The summed E-state index contributed by atoms with van der Waals surface area (Å²) in [6, 6.07) is 12.7. The number of carbonyl (C=O) groups excluding carboxylic acids is 1. The highest BCUT2D eigenvalue weighted by Crippen LogP contribution is 2.34. The number of aromatic hydroxyl groups is 1. The van der Waals surface area contributed by atoms with Crippen molar-refractivity contribution in [2.24, 2.45) is 5.73 Å². The van der Waals surface area contributed by atoms with Crippen LogP contribution in [0.5, 0.6) is 5.75 Å². The molecule has 0 saturated carbocycles. The second-order valence-electron chi connectivity index (χ2n) is 8.00. The van der Waals surface area contributed by atoms with Gasteiger partial charge in [0, 0.05) is 34.1 Å². The molecule has 0 radical (unpaired) electrons. The van der Waals surface area contributed by atoms with Crippen LogP contribution < -0.4 is 16.8 Å². The van der Waals surface area contributed by atoms with Crippen molar-refractivity contribution in [2.75, 3.05) is 30.8 Å². The van der Waals surface area contributed by atoms with Crippen molar-refractivity contribution in [3.05, 3.63) is 64.7 Å². The van der Waals surface area contributed by atoms with Gasteiger partial charge in [-0.2, -0.15) is 0 Å². The molecule has 0 aliphatic carbocycles. The Balaban J connectivity index is 1.57. The molecule has 178 valence electrons. The lowest BCUT2D eigenvalue weighted by molar-refractivity contribution is 0.0148. The molecule has 1 unspecified atom stereocenters. The zero-order valence-corrected chi connectivity index (χ0v) is 19.1. The van der Waals surface area contributed by atoms with Crippen LogP contribution in [0.15, 0.2) is 48.5 Å². The monoisotopic (exact) mass is 485 g/mol. The highest BCUT2D eigenvalue weighted by atomic mass is 35.5. The Kier molecular flexibility index (Phi) is 7.04. The zero-order chi connectivity index (χ0) is 24.2. The number of nitrogens with one attached hydrogen (secondary N) is 1. The number of aromatic nitrogens is 1. The summed E-state index contributed by atoms with van der Waals surface area (Å²) in [5.41, 5.74) is 15.0. The fraction of sp³-hybridized carbons (Fsp3) is 0.250. The lowest BCUT2D eigenvalue weighted by atomic mass is 10.0. The predicted molar refractivity (Wildman–Crippen MR) is 130 cm³/mol. The summed E-state index contributed by atoms with van der Waals surface area (Å²) in [6.07, 6.45) is 0.443. The molecule has 2 heterocycles. The number of nitrogen functional groups attached to an aromatic ring is 1. The number of hydrogen-bond donors (Lipinski definition) is 4. The number of carbonyl (C=O) groups is 1. The van der Waals surface area contributed by atoms with Gasteiger partial charge in [0.05, 0.1) is 24.9 Å². The Morgan fingerprint density at radius 3 is 2.79 bits per heavy atom. The van der Waals surface area contributed by atoms with Gasteiger partial charge in [-0.05, 0) is 54.4 Å². The fourth-order valence-corrected chi connectivity index (χ4v) is 4.16. The molecule has 0 bridgehead atoms. The summed E-state index contributed by atoms with van der Waals surface area (Å²) in [5, 5.41) is 14.0. The molecule has 1 aliphatic heterocycles. The largest absolute Gasteiger partial charge is 0.507 e. The van der Waals surface area contributed by atoms with Gasteiger partial charge in [-0.25, -0.2) is 14.2 Å². The second kappa shape index (κ2) is 10.1. The first-order valence-electron chi connectivity index (χ1n) is 10.7. The van der Waals surface area contributed by atoms with E-state index in [9.17, 15) is 14.3 Å². The molecule has 4 rings (SSSR count). The van der Waals surface area contributed by atoms with Crippen LogP contribution in [0.2, 0.25) is 5.02 Å². The summed E-state index contributed by atoms with van der Waals surface area (Å²) in [7, 11) is 0. The number of primary amides is 1. The maximum atomic E-state index is 13.4. The summed E-state index contributed by atoms with van der Waals surface area (Å²) in [5.74, 6) is 0.301. The van der Waals surface area contributed by atoms with Crippen LogP contribution in [0.3, 0.4) is 0 Å². The minimum atomic E-state index is -0.674. The number of hydrogen-bond acceptors (Lipinski definition) is 6. The average Bonchev–Trinajstić information content (AvgIpc) is 2.83. The van der Waals surface area contributed by atoms with Gasteiger partial charge in [-0.15, -0.1) is 0 Å². The van der Waals surface area contributed by atoms with Gasteiger partial charge < -0.3 is 31.5 Å². The van der Waals surface area contributed by atoms with Crippen molar-refractivity contribution in [2.45, 2.75) is 19.1 Å². The molecule has 1 atom stereocenters. The molecule has 2 aromatic carbocycles. The number of morpholine rings is 1. The Morgan fingerprint density at radius 2 is 2.06 bits per heavy atom. The van der Waals surface area contributed by atoms with E-state index >= 15 is 0 Å². The van der Waals surface area contributed by atoms with E-state index in [2.05, 4.69) is 10.3 Å². The Labute approximate surface area is 201 Å². The minimum Gasteiger partial charge on any atom is -0.507 e. The van der Waals surface area contributed by atoms with Crippen molar-refractivity contribution >= 4 is 34.8 Å². The van der Waals surface area contributed by atoms with E-state index in [1.807, 2.05) is 6.07 Å². The number of benzene rings is 2. The highest BCUT2D eigenvalue weighted by Gasteiger charge is 2.26. The number of urea groups is 1. The Bertz CT molecular complexity index is 1210. The van der Waals surface area contributed by atoms with Crippen molar-refractivity contribution < 1.29 is 19.0 Å². The number of pyridine rings is 1. The number of ether oxygens (including phenoxy) is 1. The van der Waals surface area contributed by atoms with Crippen molar-refractivity contribution in [1.82, 2.24) is 9.88 Å².